The minimum absolute atomic E-state index is 0.778. The molecule has 1 aromatic heterocycles. The van der Waals surface area contributed by atoms with Gasteiger partial charge in [0.25, 0.3) is 0 Å². The van der Waals surface area contributed by atoms with E-state index < -0.39 is 0 Å². The highest BCUT2D eigenvalue weighted by molar-refractivity contribution is 5.59. The van der Waals surface area contributed by atoms with E-state index >= 15 is 0 Å². The van der Waals surface area contributed by atoms with Crippen LogP contribution in [-0.4, -0.2) is 11.6 Å². The maximum atomic E-state index is 5.82. The highest BCUT2D eigenvalue weighted by atomic mass is 16.5. The van der Waals surface area contributed by atoms with Gasteiger partial charge in [0.15, 0.2) is 0 Å². The van der Waals surface area contributed by atoms with Gasteiger partial charge in [-0.05, 0) is 54.5 Å². The Morgan fingerprint density at radius 3 is 1.90 bits per heavy atom. The summed E-state index contributed by atoms with van der Waals surface area (Å²) >= 11 is 0. The number of benzene rings is 2. The Morgan fingerprint density at radius 2 is 1.30 bits per heavy atom. The van der Waals surface area contributed by atoms with Crippen molar-refractivity contribution in [3.8, 4) is 17.0 Å². The standard InChI is InChI=1S/C28H35NO/c1-3-5-6-7-8-21-30-27-19-20-28(29-22-27)26-17-15-25(16-18-26)14-13-24-11-9-23(4-2)10-12-24/h9-12,15-20,22H,3-8,13-14,21H2,1-2H3. The van der Waals surface area contributed by atoms with Crippen LogP contribution in [0.2, 0.25) is 0 Å². The second kappa shape index (κ2) is 12.2. The summed E-state index contributed by atoms with van der Waals surface area (Å²) in [5.41, 5.74) is 6.31. The molecule has 3 aromatic rings. The van der Waals surface area contributed by atoms with Crippen molar-refractivity contribution in [1.29, 1.82) is 0 Å². The maximum Gasteiger partial charge on any atom is 0.137 e. The minimum Gasteiger partial charge on any atom is -0.492 e. The predicted octanol–water partition coefficient (Wildman–Crippen LogP) is 7.45. The van der Waals surface area contributed by atoms with Gasteiger partial charge in [-0.2, -0.15) is 0 Å². The molecule has 3 rings (SSSR count). The lowest BCUT2D eigenvalue weighted by atomic mass is 10.0. The molecule has 158 valence electrons. The Hall–Kier alpha value is -2.61. The third kappa shape index (κ3) is 7.02. The van der Waals surface area contributed by atoms with Crippen LogP contribution in [0.3, 0.4) is 0 Å². The van der Waals surface area contributed by atoms with Crippen LogP contribution in [0, 0.1) is 0 Å². The molecule has 0 bridgehead atoms. The normalized spacial score (nSPS) is 10.9. The molecule has 2 heteroatoms. The van der Waals surface area contributed by atoms with Crippen LogP contribution in [0.1, 0.15) is 62.6 Å². The molecule has 0 atom stereocenters. The van der Waals surface area contributed by atoms with Crippen molar-refractivity contribution in [3.05, 3.63) is 83.6 Å². The van der Waals surface area contributed by atoms with E-state index in [1.54, 1.807) is 0 Å². The van der Waals surface area contributed by atoms with Crippen molar-refractivity contribution in [2.45, 2.75) is 65.2 Å². The first-order valence-electron chi connectivity index (χ1n) is 11.5. The van der Waals surface area contributed by atoms with Gasteiger partial charge in [-0.15, -0.1) is 0 Å². The zero-order valence-corrected chi connectivity index (χ0v) is 18.6. The van der Waals surface area contributed by atoms with Crippen molar-refractivity contribution in [2.75, 3.05) is 6.61 Å². The van der Waals surface area contributed by atoms with Crippen LogP contribution >= 0.6 is 0 Å². The lowest BCUT2D eigenvalue weighted by molar-refractivity contribution is 0.303. The average molecular weight is 402 g/mol. The molecule has 0 saturated carbocycles. The molecular weight excluding hydrogens is 366 g/mol. The monoisotopic (exact) mass is 401 g/mol. The van der Waals surface area contributed by atoms with Gasteiger partial charge in [-0.25, -0.2) is 0 Å². The van der Waals surface area contributed by atoms with Gasteiger partial charge in [-0.1, -0.05) is 88.1 Å². The smallest absolute Gasteiger partial charge is 0.137 e. The van der Waals surface area contributed by atoms with E-state index in [4.69, 9.17) is 4.74 Å². The van der Waals surface area contributed by atoms with Crippen LogP contribution in [-0.2, 0) is 19.3 Å². The lowest BCUT2D eigenvalue weighted by Gasteiger charge is -2.08. The SMILES string of the molecule is CCCCCCCOc1ccc(-c2ccc(CCc3ccc(CC)cc3)cc2)nc1. The van der Waals surface area contributed by atoms with E-state index in [2.05, 4.69) is 73.4 Å². The number of aromatic nitrogens is 1. The molecule has 0 fully saturated rings. The van der Waals surface area contributed by atoms with Crippen LogP contribution in [0.25, 0.3) is 11.3 Å². The number of ether oxygens (including phenoxy) is 1. The quantitative estimate of drug-likeness (QED) is 0.294. The number of pyridine rings is 1. The van der Waals surface area contributed by atoms with E-state index in [0.717, 1.165) is 49.3 Å². The molecule has 2 nitrogen and oxygen atoms in total. The molecule has 0 amide bonds. The molecule has 30 heavy (non-hydrogen) atoms. The van der Waals surface area contributed by atoms with Crippen molar-refractivity contribution < 1.29 is 4.74 Å². The van der Waals surface area contributed by atoms with Gasteiger partial charge in [0.05, 0.1) is 18.5 Å². The molecule has 0 saturated heterocycles. The van der Waals surface area contributed by atoms with Crippen LogP contribution < -0.4 is 4.74 Å². The van der Waals surface area contributed by atoms with Gasteiger partial charge in [-0.3, -0.25) is 4.98 Å². The number of hydrogen-bond donors (Lipinski definition) is 0. The third-order valence-electron chi connectivity index (χ3n) is 5.64. The summed E-state index contributed by atoms with van der Waals surface area (Å²) in [4.78, 5) is 4.59. The highest BCUT2D eigenvalue weighted by Gasteiger charge is 2.02. The summed E-state index contributed by atoms with van der Waals surface area (Å²) in [6.45, 7) is 5.21. The van der Waals surface area contributed by atoms with Gasteiger partial charge in [0.1, 0.15) is 5.75 Å². The zero-order chi connectivity index (χ0) is 21.0. The lowest BCUT2D eigenvalue weighted by Crippen LogP contribution is -1.98. The van der Waals surface area contributed by atoms with Crippen molar-refractivity contribution in [2.24, 2.45) is 0 Å². The fraction of sp³-hybridized carbons (Fsp3) is 0.393. The number of aryl methyl sites for hydroxylation is 3. The van der Waals surface area contributed by atoms with Gasteiger partial charge in [0, 0.05) is 5.56 Å². The Balaban J connectivity index is 1.46. The van der Waals surface area contributed by atoms with E-state index in [1.165, 1.54) is 42.4 Å². The van der Waals surface area contributed by atoms with E-state index in [0.29, 0.717) is 0 Å². The number of rotatable bonds is 12. The Morgan fingerprint density at radius 1 is 0.667 bits per heavy atom. The average Bonchev–Trinajstić information content (AvgIpc) is 2.81. The van der Waals surface area contributed by atoms with Crippen molar-refractivity contribution in [3.63, 3.8) is 0 Å². The number of unbranched alkanes of at least 4 members (excludes halogenated alkanes) is 4. The van der Waals surface area contributed by atoms with Crippen LogP contribution in [0.4, 0.5) is 0 Å². The van der Waals surface area contributed by atoms with Crippen LogP contribution in [0.15, 0.2) is 66.9 Å². The fourth-order valence-electron chi connectivity index (χ4n) is 3.60. The van der Waals surface area contributed by atoms with E-state index in [-0.39, 0.29) is 0 Å². The maximum absolute atomic E-state index is 5.82. The molecule has 0 spiro atoms. The summed E-state index contributed by atoms with van der Waals surface area (Å²) in [5.74, 6) is 0.861. The zero-order valence-electron chi connectivity index (χ0n) is 18.6. The second-order valence-electron chi connectivity index (χ2n) is 8.01. The molecule has 0 N–H and O–H groups in total. The molecular formula is C28H35NO. The van der Waals surface area contributed by atoms with Crippen molar-refractivity contribution in [1.82, 2.24) is 4.98 Å². The summed E-state index contributed by atoms with van der Waals surface area (Å²) in [6, 6.07) is 21.9. The van der Waals surface area contributed by atoms with Crippen molar-refractivity contribution >= 4 is 0 Å². The third-order valence-corrected chi connectivity index (χ3v) is 5.64. The minimum atomic E-state index is 0.778. The summed E-state index contributed by atoms with van der Waals surface area (Å²) < 4.78 is 5.82. The van der Waals surface area contributed by atoms with Gasteiger partial charge >= 0.3 is 0 Å². The summed E-state index contributed by atoms with van der Waals surface area (Å²) in [7, 11) is 0. The molecule has 1 heterocycles. The number of nitrogens with zero attached hydrogens (tertiary/aromatic N) is 1. The molecule has 0 unspecified atom stereocenters. The first kappa shape index (κ1) is 22.1. The molecule has 0 aliphatic carbocycles. The Labute approximate surface area is 182 Å². The molecule has 0 radical (unpaired) electrons. The Kier molecular flexibility index (Phi) is 8.96. The highest BCUT2D eigenvalue weighted by Crippen LogP contribution is 2.21. The van der Waals surface area contributed by atoms with Gasteiger partial charge < -0.3 is 4.74 Å². The summed E-state index contributed by atoms with van der Waals surface area (Å²) in [6.07, 6.45) is 11.3. The first-order chi connectivity index (χ1) is 14.8. The fourth-order valence-corrected chi connectivity index (χ4v) is 3.60. The number of hydrogen-bond acceptors (Lipinski definition) is 2. The molecule has 0 aliphatic rings. The second-order valence-corrected chi connectivity index (χ2v) is 8.01. The predicted molar refractivity (Wildman–Crippen MR) is 127 cm³/mol. The molecule has 2 aromatic carbocycles. The molecule has 0 aliphatic heterocycles. The topological polar surface area (TPSA) is 22.1 Å². The van der Waals surface area contributed by atoms with E-state index in [1.807, 2.05) is 12.3 Å². The Bertz CT molecular complexity index is 851. The summed E-state index contributed by atoms with van der Waals surface area (Å²) in [5, 5.41) is 0. The van der Waals surface area contributed by atoms with Crippen LogP contribution in [0.5, 0.6) is 5.75 Å². The largest absolute Gasteiger partial charge is 0.492 e. The van der Waals surface area contributed by atoms with E-state index in [9.17, 15) is 0 Å². The van der Waals surface area contributed by atoms with Gasteiger partial charge in [0.2, 0.25) is 0 Å². The first-order valence-corrected chi connectivity index (χ1v) is 11.5.